The summed E-state index contributed by atoms with van der Waals surface area (Å²) in [6, 6.07) is 3.97. The molecule has 160 valence electrons. The molecule has 2 aliphatic rings. The summed E-state index contributed by atoms with van der Waals surface area (Å²) in [5.74, 6) is 0.483. The van der Waals surface area contributed by atoms with Gasteiger partial charge in [0.05, 0.1) is 11.6 Å². The van der Waals surface area contributed by atoms with E-state index in [1.165, 1.54) is 0 Å². The van der Waals surface area contributed by atoms with Crippen LogP contribution in [0.5, 0.6) is 5.75 Å². The molecule has 1 saturated heterocycles. The fraction of sp³-hybridized carbons (Fsp3) is 0.450. The summed E-state index contributed by atoms with van der Waals surface area (Å²) in [7, 11) is 0. The summed E-state index contributed by atoms with van der Waals surface area (Å²) < 4.78 is 39.3. The highest BCUT2D eigenvalue weighted by Gasteiger charge is 2.42. The molecule has 30 heavy (non-hydrogen) atoms. The number of nitrogens with zero attached hydrogens (tertiary/aromatic N) is 3. The predicted molar refractivity (Wildman–Crippen MR) is 104 cm³/mol. The van der Waals surface area contributed by atoms with E-state index < -0.39 is 18.6 Å². The number of ether oxygens (including phenoxy) is 2. The van der Waals surface area contributed by atoms with Crippen LogP contribution in [0.25, 0.3) is 11.4 Å². The van der Waals surface area contributed by atoms with Crippen LogP contribution in [0, 0.1) is 5.92 Å². The number of rotatable bonds is 5. The fourth-order valence-electron chi connectivity index (χ4n) is 3.66. The fourth-order valence-corrected chi connectivity index (χ4v) is 3.66. The van der Waals surface area contributed by atoms with E-state index in [0.717, 1.165) is 10.5 Å². The lowest BCUT2D eigenvalue weighted by Gasteiger charge is -2.18. The van der Waals surface area contributed by atoms with Crippen molar-refractivity contribution in [2.75, 3.05) is 18.1 Å². The van der Waals surface area contributed by atoms with Crippen LogP contribution in [0.15, 0.2) is 24.4 Å². The van der Waals surface area contributed by atoms with Crippen molar-refractivity contribution in [1.29, 1.82) is 0 Å². The van der Waals surface area contributed by atoms with Crippen molar-refractivity contribution in [3.63, 3.8) is 0 Å². The first kappa shape index (κ1) is 20.1. The number of nitrogens with two attached hydrogens (primary N) is 1. The van der Waals surface area contributed by atoms with E-state index in [2.05, 4.69) is 4.98 Å². The Morgan fingerprint density at radius 2 is 2.10 bits per heavy atom. The zero-order chi connectivity index (χ0) is 21.6. The molecular formula is C20H22F2N4O4. The van der Waals surface area contributed by atoms with E-state index in [4.69, 9.17) is 15.2 Å². The molecule has 0 spiro atoms. The molecule has 2 amide bonds. The molecule has 0 unspecified atom stereocenters. The minimum atomic E-state index is -2.75. The van der Waals surface area contributed by atoms with Gasteiger partial charge in [-0.2, -0.15) is 0 Å². The number of anilines is 1. The Kier molecular flexibility index (Phi) is 5.08. The minimum absolute atomic E-state index is 0.115. The van der Waals surface area contributed by atoms with E-state index in [1.54, 1.807) is 17.7 Å². The quantitative estimate of drug-likeness (QED) is 0.802. The first-order chi connectivity index (χ1) is 14.3. The highest BCUT2D eigenvalue weighted by Crippen LogP contribution is 2.38. The van der Waals surface area contributed by atoms with Crippen molar-refractivity contribution in [1.82, 2.24) is 9.55 Å². The lowest BCUT2D eigenvalue weighted by Crippen LogP contribution is -2.38. The number of alkyl halides is 2. The van der Waals surface area contributed by atoms with Gasteiger partial charge < -0.3 is 19.8 Å². The minimum Gasteiger partial charge on any atom is -0.491 e. The number of hydrogen-bond donors (Lipinski definition) is 1. The summed E-state index contributed by atoms with van der Waals surface area (Å²) >= 11 is 0. The SMILES string of the molecule is C[C@H](Cc1ccc2c(c1)OC[C@@H](C)n1cc(N3C(=O)OC[C@H]3C(F)F)nc1-2)C(N)=O. The molecular weight excluding hydrogens is 398 g/mol. The summed E-state index contributed by atoms with van der Waals surface area (Å²) in [6.45, 7) is 3.61. The molecule has 0 aliphatic carbocycles. The smallest absolute Gasteiger partial charge is 0.416 e. The Balaban J connectivity index is 1.72. The number of hydrogen-bond acceptors (Lipinski definition) is 5. The second kappa shape index (κ2) is 7.58. The van der Waals surface area contributed by atoms with E-state index in [9.17, 15) is 18.4 Å². The molecule has 2 aliphatic heterocycles. The molecule has 8 nitrogen and oxygen atoms in total. The Morgan fingerprint density at radius 1 is 1.33 bits per heavy atom. The van der Waals surface area contributed by atoms with Crippen LogP contribution in [-0.2, 0) is 16.0 Å². The van der Waals surface area contributed by atoms with Crippen molar-refractivity contribution in [3.8, 4) is 17.1 Å². The van der Waals surface area contributed by atoms with Gasteiger partial charge in [0.15, 0.2) is 5.82 Å². The van der Waals surface area contributed by atoms with Crippen LogP contribution < -0.4 is 15.4 Å². The van der Waals surface area contributed by atoms with E-state index >= 15 is 0 Å². The Hall–Kier alpha value is -3.17. The van der Waals surface area contributed by atoms with Gasteiger partial charge in [-0.25, -0.2) is 23.5 Å². The van der Waals surface area contributed by atoms with Gasteiger partial charge in [-0.05, 0) is 31.0 Å². The van der Waals surface area contributed by atoms with Crippen LogP contribution in [0.4, 0.5) is 19.4 Å². The molecule has 0 bridgehead atoms. The third kappa shape index (κ3) is 3.46. The lowest BCUT2D eigenvalue weighted by atomic mass is 9.99. The number of fused-ring (bicyclic) bond motifs is 3. The second-order valence-corrected chi connectivity index (χ2v) is 7.68. The number of cyclic esters (lactones) is 1. The second-order valence-electron chi connectivity index (χ2n) is 7.68. The highest BCUT2D eigenvalue weighted by molar-refractivity contribution is 5.89. The van der Waals surface area contributed by atoms with Gasteiger partial charge >= 0.3 is 6.09 Å². The maximum absolute atomic E-state index is 13.4. The molecule has 0 saturated carbocycles. The van der Waals surface area contributed by atoms with Crippen molar-refractivity contribution in [3.05, 3.63) is 30.0 Å². The number of primary amides is 1. The maximum atomic E-state index is 13.4. The van der Waals surface area contributed by atoms with Gasteiger partial charge in [0.25, 0.3) is 6.43 Å². The number of carbonyl (C=O) groups is 2. The number of imidazole rings is 1. The number of benzene rings is 1. The molecule has 2 aromatic rings. The van der Waals surface area contributed by atoms with E-state index in [-0.39, 0.29) is 30.3 Å². The van der Waals surface area contributed by atoms with E-state index in [0.29, 0.717) is 30.2 Å². The Morgan fingerprint density at radius 3 is 2.80 bits per heavy atom. The average Bonchev–Trinajstić information content (AvgIpc) is 3.26. The van der Waals surface area contributed by atoms with Gasteiger partial charge in [-0.3, -0.25) is 4.79 Å². The highest BCUT2D eigenvalue weighted by atomic mass is 19.3. The van der Waals surface area contributed by atoms with Crippen LogP contribution in [0.2, 0.25) is 0 Å². The van der Waals surface area contributed by atoms with Gasteiger partial charge in [-0.1, -0.05) is 13.0 Å². The number of halogens is 2. The van der Waals surface area contributed by atoms with Crippen molar-refractivity contribution < 1.29 is 27.8 Å². The largest absolute Gasteiger partial charge is 0.491 e. The molecule has 10 heteroatoms. The first-order valence-electron chi connectivity index (χ1n) is 9.64. The summed E-state index contributed by atoms with van der Waals surface area (Å²) in [5.41, 5.74) is 6.91. The molecule has 1 fully saturated rings. The number of amides is 2. The lowest BCUT2D eigenvalue weighted by molar-refractivity contribution is -0.121. The zero-order valence-electron chi connectivity index (χ0n) is 16.5. The Bertz CT molecular complexity index is 993. The average molecular weight is 420 g/mol. The van der Waals surface area contributed by atoms with Crippen LogP contribution in [0.3, 0.4) is 0 Å². The summed E-state index contributed by atoms with van der Waals surface area (Å²) in [4.78, 5) is 28.8. The third-order valence-corrected chi connectivity index (χ3v) is 5.43. The van der Waals surface area contributed by atoms with Crippen LogP contribution in [0.1, 0.15) is 25.5 Å². The molecule has 4 rings (SSSR count). The summed E-state index contributed by atoms with van der Waals surface area (Å²) in [5, 5.41) is 0. The summed E-state index contributed by atoms with van der Waals surface area (Å²) in [6.07, 6.45) is -1.55. The molecule has 0 radical (unpaired) electrons. The molecule has 1 aromatic carbocycles. The van der Waals surface area contributed by atoms with Gasteiger partial charge in [0.1, 0.15) is 30.8 Å². The number of aromatic nitrogens is 2. The van der Waals surface area contributed by atoms with Crippen molar-refractivity contribution in [2.45, 2.75) is 38.8 Å². The normalized spacial score (nSPS) is 21.5. The maximum Gasteiger partial charge on any atom is 0.416 e. The molecule has 3 heterocycles. The van der Waals surface area contributed by atoms with Crippen LogP contribution in [-0.4, -0.2) is 47.2 Å². The van der Waals surface area contributed by atoms with Gasteiger partial charge in [-0.15, -0.1) is 0 Å². The monoisotopic (exact) mass is 420 g/mol. The topological polar surface area (TPSA) is 99.7 Å². The van der Waals surface area contributed by atoms with Gasteiger partial charge in [0.2, 0.25) is 5.91 Å². The zero-order valence-corrected chi connectivity index (χ0v) is 16.5. The standard InChI is InChI=1S/C20H22F2N4O4/c1-10(18(23)27)5-12-3-4-13-15(6-12)29-8-11(2)25-7-16(24-19(13)25)26-14(17(21)22)9-30-20(26)28/h3-4,6-7,10-11,14,17H,5,8-9H2,1-2H3,(H2,23,27)/t10-,11-,14+/m1/s1. The molecule has 1 aromatic heterocycles. The third-order valence-electron chi connectivity index (χ3n) is 5.43. The Labute approximate surface area is 171 Å². The molecule has 2 N–H and O–H groups in total. The molecule has 3 atom stereocenters. The van der Waals surface area contributed by atoms with E-state index in [1.807, 2.05) is 25.1 Å². The van der Waals surface area contributed by atoms with Gasteiger partial charge in [0, 0.05) is 12.1 Å². The predicted octanol–water partition coefficient (Wildman–Crippen LogP) is 2.76. The van der Waals surface area contributed by atoms with Crippen LogP contribution >= 0.6 is 0 Å². The first-order valence-corrected chi connectivity index (χ1v) is 9.64. The van der Waals surface area contributed by atoms with Crippen molar-refractivity contribution in [2.24, 2.45) is 11.7 Å². The van der Waals surface area contributed by atoms with Crippen molar-refractivity contribution >= 4 is 17.8 Å². The number of carbonyl (C=O) groups excluding carboxylic acids is 2.